The number of hydrogen-bond acceptors (Lipinski definition) is 6. The number of aromatic amines is 1. The van der Waals surface area contributed by atoms with Crippen LogP contribution in [0.5, 0.6) is 0 Å². The summed E-state index contributed by atoms with van der Waals surface area (Å²) in [4.78, 5) is 10.5. The minimum Gasteiger partial charge on any atom is -0.388 e. The number of H-pyrrole nitrogens is 1. The van der Waals surface area contributed by atoms with Gasteiger partial charge in [-0.25, -0.2) is 9.97 Å². The van der Waals surface area contributed by atoms with Crippen LogP contribution in [-0.2, 0) is 6.18 Å². The van der Waals surface area contributed by atoms with Gasteiger partial charge >= 0.3 is 6.18 Å². The highest BCUT2D eigenvalue weighted by Gasteiger charge is 2.45. The van der Waals surface area contributed by atoms with Crippen molar-refractivity contribution in [3.63, 3.8) is 0 Å². The van der Waals surface area contributed by atoms with Gasteiger partial charge in [-0.05, 0) is 50.5 Å². The van der Waals surface area contributed by atoms with Crippen LogP contribution >= 0.6 is 0 Å². The van der Waals surface area contributed by atoms with Gasteiger partial charge in [0, 0.05) is 30.7 Å². The Morgan fingerprint density at radius 1 is 1.16 bits per heavy atom. The summed E-state index contributed by atoms with van der Waals surface area (Å²) in [6.45, 7) is 3.05. The van der Waals surface area contributed by atoms with Crippen LogP contribution in [-0.4, -0.2) is 56.0 Å². The molecule has 0 aromatic carbocycles. The van der Waals surface area contributed by atoms with Crippen LogP contribution < -0.4 is 10.2 Å². The Morgan fingerprint density at radius 2 is 1.97 bits per heavy atom. The number of halogens is 3. The Bertz CT molecular complexity index is 1110. The fourth-order valence-corrected chi connectivity index (χ4v) is 4.54. The summed E-state index contributed by atoms with van der Waals surface area (Å²) < 4.78 is 41.4. The lowest BCUT2D eigenvalue weighted by Gasteiger charge is -2.49. The summed E-state index contributed by atoms with van der Waals surface area (Å²) in [6, 6.07) is 5.69. The quantitative estimate of drug-likeness (QED) is 0.589. The first kappa shape index (κ1) is 20.2. The van der Waals surface area contributed by atoms with Crippen LogP contribution in [0.4, 0.5) is 19.0 Å². The van der Waals surface area contributed by atoms with Gasteiger partial charge in [0.05, 0.1) is 17.2 Å². The lowest BCUT2D eigenvalue weighted by atomic mass is 9.73. The molecule has 1 saturated carbocycles. The number of nitrogens with zero attached hydrogens (tertiary/aromatic N) is 4. The number of piperazine rings is 1. The number of alkyl halides is 3. The number of hydrogen-bond donors (Lipinski definition) is 3. The summed E-state index contributed by atoms with van der Waals surface area (Å²) in [6.07, 6.45) is -0.598. The Morgan fingerprint density at radius 3 is 2.68 bits per heavy atom. The largest absolute Gasteiger partial charge is 0.418 e. The molecule has 164 valence electrons. The third-order valence-electron chi connectivity index (χ3n) is 6.32. The van der Waals surface area contributed by atoms with Gasteiger partial charge in [-0.2, -0.15) is 18.3 Å². The first-order valence-corrected chi connectivity index (χ1v) is 10.4. The van der Waals surface area contributed by atoms with Crippen LogP contribution in [0.2, 0.25) is 0 Å². The second-order valence-electron chi connectivity index (χ2n) is 8.52. The molecule has 1 aliphatic carbocycles. The zero-order valence-corrected chi connectivity index (χ0v) is 16.9. The number of fused-ring (bicyclic) bond motifs is 1. The van der Waals surface area contributed by atoms with Gasteiger partial charge in [-0.3, -0.25) is 5.10 Å². The summed E-state index contributed by atoms with van der Waals surface area (Å²) in [5.41, 5.74) is -1.32. The molecule has 0 spiro atoms. The van der Waals surface area contributed by atoms with Gasteiger partial charge < -0.3 is 15.3 Å². The van der Waals surface area contributed by atoms with E-state index in [4.69, 9.17) is 0 Å². The first-order valence-electron chi connectivity index (χ1n) is 10.4. The Balaban J connectivity index is 1.57. The van der Waals surface area contributed by atoms with Crippen molar-refractivity contribution in [3.05, 3.63) is 36.0 Å². The van der Waals surface area contributed by atoms with E-state index in [-0.39, 0.29) is 23.5 Å². The van der Waals surface area contributed by atoms with Crippen molar-refractivity contribution in [1.82, 2.24) is 25.5 Å². The van der Waals surface area contributed by atoms with E-state index in [9.17, 15) is 18.3 Å². The van der Waals surface area contributed by atoms with Crippen LogP contribution in [0.25, 0.3) is 22.4 Å². The lowest BCUT2D eigenvalue weighted by molar-refractivity contribution is -0.137. The second kappa shape index (κ2) is 7.16. The van der Waals surface area contributed by atoms with Gasteiger partial charge in [0.15, 0.2) is 5.65 Å². The van der Waals surface area contributed by atoms with E-state index in [0.29, 0.717) is 29.9 Å². The monoisotopic (exact) mass is 432 g/mol. The third kappa shape index (κ3) is 3.53. The molecule has 3 N–H and O–H groups in total. The van der Waals surface area contributed by atoms with Crippen molar-refractivity contribution in [2.75, 3.05) is 18.0 Å². The molecule has 2 aliphatic rings. The number of aromatic nitrogens is 4. The number of pyridine rings is 2. The Labute approximate surface area is 176 Å². The molecule has 0 bridgehead atoms. The van der Waals surface area contributed by atoms with Crippen molar-refractivity contribution < 1.29 is 18.3 Å². The smallest absolute Gasteiger partial charge is 0.388 e. The molecule has 1 aliphatic heterocycles. The fourth-order valence-electron chi connectivity index (χ4n) is 4.54. The van der Waals surface area contributed by atoms with E-state index in [1.165, 1.54) is 6.07 Å². The molecule has 31 heavy (non-hydrogen) atoms. The zero-order chi connectivity index (χ0) is 21.8. The van der Waals surface area contributed by atoms with E-state index in [2.05, 4.69) is 25.5 Å². The molecule has 10 heteroatoms. The highest BCUT2D eigenvalue weighted by Crippen LogP contribution is 2.40. The van der Waals surface area contributed by atoms with E-state index in [1.54, 1.807) is 18.3 Å². The molecular formula is C21H23F3N6O. The fraction of sp³-hybridized carbons (Fsp3) is 0.476. The second-order valence-corrected chi connectivity index (χ2v) is 8.52. The molecule has 2 unspecified atom stereocenters. The number of rotatable bonds is 3. The van der Waals surface area contributed by atoms with E-state index < -0.39 is 17.3 Å². The lowest BCUT2D eigenvalue weighted by Crippen LogP contribution is -2.66. The number of nitrogens with one attached hydrogen (secondary N) is 2. The summed E-state index contributed by atoms with van der Waals surface area (Å²) >= 11 is 0. The van der Waals surface area contributed by atoms with Gasteiger partial charge in [-0.1, -0.05) is 0 Å². The Kier molecular flexibility index (Phi) is 4.67. The molecule has 3 aromatic rings. The third-order valence-corrected chi connectivity index (χ3v) is 6.32. The first-order chi connectivity index (χ1) is 14.7. The maximum atomic E-state index is 13.8. The molecule has 3 aromatic heterocycles. The minimum absolute atomic E-state index is 0.0614. The maximum absolute atomic E-state index is 13.8. The number of anilines is 1. The SMILES string of the molecule is CC1CN(c2ccc(C(F)(F)F)c(-c3n[nH]c4ncccc34)n2)CC(C2(O)CCC2)N1. The van der Waals surface area contributed by atoms with E-state index >= 15 is 0 Å². The summed E-state index contributed by atoms with van der Waals surface area (Å²) in [5.74, 6) is 0.435. The predicted octanol–water partition coefficient (Wildman–Crippen LogP) is 3.12. The number of aliphatic hydroxyl groups is 1. The zero-order valence-electron chi connectivity index (χ0n) is 16.9. The van der Waals surface area contributed by atoms with Crippen LogP contribution in [0.3, 0.4) is 0 Å². The van der Waals surface area contributed by atoms with Gasteiger partial charge in [0.1, 0.15) is 17.2 Å². The molecule has 5 rings (SSSR count). The summed E-state index contributed by atoms with van der Waals surface area (Å²) in [7, 11) is 0. The molecule has 0 amide bonds. The molecule has 2 fully saturated rings. The highest BCUT2D eigenvalue weighted by atomic mass is 19.4. The average molecular weight is 432 g/mol. The van der Waals surface area contributed by atoms with Crippen LogP contribution in [0.1, 0.15) is 31.7 Å². The van der Waals surface area contributed by atoms with E-state index in [0.717, 1.165) is 25.3 Å². The van der Waals surface area contributed by atoms with Gasteiger partial charge in [-0.15, -0.1) is 0 Å². The highest BCUT2D eigenvalue weighted by molar-refractivity contribution is 5.90. The molecular weight excluding hydrogens is 409 g/mol. The Hall–Kier alpha value is -2.72. The molecule has 4 heterocycles. The van der Waals surface area contributed by atoms with Crippen LogP contribution in [0, 0.1) is 0 Å². The van der Waals surface area contributed by atoms with Crippen molar-refractivity contribution >= 4 is 16.9 Å². The topological polar surface area (TPSA) is 90.0 Å². The normalized spacial score (nSPS) is 23.7. The van der Waals surface area contributed by atoms with E-state index in [1.807, 2.05) is 11.8 Å². The molecule has 1 saturated heterocycles. The maximum Gasteiger partial charge on any atom is 0.418 e. The van der Waals surface area contributed by atoms with Gasteiger partial charge in [0.25, 0.3) is 0 Å². The molecule has 7 nitrogen and oxygen atoms in total. The van der Waals surface area contributed by atoms with Gasteiger partial charge in [0.2, 0.25) is 0 Å². The molecule has 0 radical (unpaired) electrons. The van der Waals surface area contributed by atoms with Crippen LogP contribution in [0.15, 0.2) is 30.5 Å². The average Bonchev–Trinajstić information content (AvgIpc) is 3.14. The van der Waals surface area contributed by atoms with Crippen molar-refractivity contribution in [2.24, 2.45) is 0 Å². The minimum atomic E-state index is -4.57. The summed E-state index contributed by atoms with van der Waals surface area (Å²) in [5, 5.41) is 21.5. The standard InChI is InChI=1S/C21H23F3N6O/c1-12-10-30(11-15(26-12)20(31)7-3-8-20)16-6-5-14(21(22,23)24)18(27-16)17-13-4-2-9-25-19(13)29-28-17/h2,4-6,9,12,15,26,31H,3,7-8,10-11H2,1H3,(H,25,28,29). The molecule has 2 atom stereocenters. The van der Waals surface area contributed by atoms with Crippen molar-refractivity contribution in [1.29, 1.82) is 0 Å². The van der Waals surface area contributed by atoms with Crippen molar-refractivity contribution in [2.45, 2.75) is 50.0 Å². The predicted molar refractivity (Wildman–Crippen MR) is 110 cm³/mol. The van der Waals surface area contributed by atoms with Crippen molar-refractivity contribution in [3.8, 4) is 11.4 Å².